The fourth-order valence-electron chi connectivity index (χ4n) is 3.36. The topological polar surface area (TPSA) is 26.8 Å². The van der Waals surface area contributed by atoms with E-state index >= 15 is 0 Å². The largest absolute Gasteiger partial charge is 0.337 e. The van der Waals surface area contributed by atoms with E-state index in [0.717, 1.165) is 43.6 Å². The highest BCUT2D eigenvalue weighted by Crippen LogP contribution is 2.39. The van der Waals surface area contributed by atoms with Crippen molar-refractivity contribution in [2.75, 3.05) is 46.3 Å². The summed E-state index contributed by atoms with van der Waals surface area (Å²) in [6.45, 7) is 8.19. The molecule has 0 bridgehead atoms. The first-order valence-electron chi connectivity index (χ1n) is 9.07. The number of nitrogens with zero attached hydrogens (tertiary/aromatic N) is 3. The van der Waals surface area contributed by atoms with Gasteiger partial charge in [-0.05, 0) is 31.5 Å². The van der Waals surface area contributed by atoms with Gasteiger partial charge in [-0.1, -0.05) is 28.9 Å². The van der Waals surface area contributed by atoms with E-state index in [1.165, 1.54) is 6.07 Å². The lowest BCUT2D eigenvalue weighted by Crippen LogP contribution is -2.47. The molecule has 138 valence electrons. The van der Waals surface area contributed by atoms with Crippen molar-refractivity contribution in [2.24, 2.45) is 11.8 Å². The maximum absolute atomic E-state index is 14.2. The Hall–Kier alpha value is -0.980. The number of halogens is 2. The minimum atomic E-state index is -0.254. The second-order valence-electron chi connectivity index (χ2n) is 7.46. The van der Waals surface area contributed by atoms with Gasteiger partial charge in [0, 0.05) is 61.8 Å². The van der Waals surface area contributed by atoms with E-state index in [-0.39, 0.29) is 17.6 Å². The smallest absolute Gasteiger partial charge is 0.226 e. The van der Waals surface area contributed by atoms with Gasteiger partial charge in [-0.25, -0.2) is 4.39 Å². The van der Waals surface area contributed by atoms with E-state index < -0.39 is 0 Å². The lowest BCUT2D eigenvalue weighted by atomic mass is 10.1. The molecule has 1 saturated carbocycles. The fourth-order valence-corrected chi connectivity index (χ4v) is 3.69. The van der Waals surface area contributed by atoms with Gasteiger partial charge in [0.2, 0.25) is 5.91 Å². The number of benzene rings is 1. The Balaban J connectivity index is 1.63. The standard InChI is InChI=1S/C19H27BrFN3O/c1-14-11-17(14)19(25)24(10-9-23-7-5-22(2)6-8-23)13-15-3-4-16(20)12-18(15)21/h3-4,12,14,17H,5-11,13H2,1-2H3/t14-,17-/m1/s1. The van der Waals surface area contributed by atoms with Crippen LogP contribution in [0.25, 0.3) is 0 Å². The Morgan fingerprint density at radius 1 is 1.32 bits per heavy atom. The lowest BCUT2D eigenvalue weighted by Gasteiger charge is -2.34. The average molecular weight is 412 g/mol. The van der Waals surface area contributed by atoms with Gasteiger partial charge < -0.3 is 9.80 Å². The summed E-state index contributed by atoms with van der Waals surface area (Å²) in [6.07, 6.45) is 0.965. The molecule has 25 heavy (non-hydrogen) atoms. The van der Waals surface area contributed by atoms with Gasteiger partial charge in [-0.2, -0.15) is 0 Å². The molecule has 4 nitrogen and oxygen atoms in total. The fraction of sp³-hybridized carbons (Fsp3) is 0.632. The molecule has 1 aliphatic carbocycles. The first-order valence-corrected chi connectivity index (χ1v) is 9.87. The molecular formula is C19H27BrFN3O. The van der Waals surface area contributed by atoms with Crippen LogP contribution in [0.2, 0.25) is 0 Å². The van der Waals surface area contributed by atoms with Crippen molar-refractivity contribution in [3.8, 4) is 0 Å². The van der Waals surface area contributed by atoms with E-state index in [0.29, 0.717) is 24.6 Å². The molecule has 3 rings (SSSR count). The second kappa shape index (κ2) is 8.14. The zero-order valence-electron chi connectivity index (χ0n) is 15.0. The second-order valence-corrected chi connectivity index (χ2v) is 8.38. The Labute approximate surface area is 158 Å². The molecule has 0 aromatic heterocycles. The zero-order valence-corrected chi connectivity index (χ0v) is 16.6. The summed E-state index contributed by atoms with van der Waals surface area (Å²) >= 11 is 3.29. The molecule has 2 atom stereocenters. The Morgan fingerprint density at radius 3 is 2.60 bits per heavy atom. The summed E-state index contributed by atoms with van der Waals surface area (Å²) in [5.41, 5.74) is 0.586. The maximum atomic E-state index is 14.2. The Morgan fingerprint density at radius 2 is 2.00 bits per heavy atom. The number of carbonyl (C=O) groups is 1. The molecule has 0 spiro atoms. The van der Waals surface area contributed by atoms with E-state index in [1.807, 2.05) is 11.0 Å². The quantitative estimate of drug-likeness (QED) is 0.719. The summed E-state index contributed by atoms with van der Waals surface area (Å²) in [7, 11) is 2.14. The van der Waals surface area contributed by atoms with E-state index in [4.69, 9.17) is 0 Å². The minimum Gasteiger partial charge on any atom is -0.337 e. The van der Waals surface area contributed by atoms with Crippen LogP contribution in [0.3, 0.4) is 0 Å². The molecule has 2 aliphatic rings. The third kappa shape index (κ3) is 5.02. The van der Waals surface area contributed by atoms with Gasteiger partial charge in [0.25, 0.3) is 0 Å². The van der Waals surface area contributed by atoms with E-state index in [9.17, 15) is 9.18 Å². The van der Waals surface area contributed by atoms with Crippen molar-refractivity contribution in [1.29, 1.82) is 0 Å². The molecule has 0 unspecified atom stereocenters. The predicted octanol–water partition coefficient (Wildman–Crippen LogP) is 2.82. The van der Waals surface area contributed by atoms with Crippen LogP contribution in [0.1, 0.15) is 18.9 Å². The highest BCUT2D eigenvalue weighted by molar-refractivity contribution is 9.10. The van der Waals surface area contributed by atoms with Gasteiger partial charge in [0.15, 0.2) is 0 Å². The molecule has 1 aromatic carbocycles. The number of rotatable bonds is 6. The first kappa shape index (κ1) is 18.8. The van der Waals surface area contributed by atoms with Crippen molar-refractivity contribution in [3.63, 3.8) is 0 Å². The summed E-state index contributed by atoms with van der Waals surface area (Å²) < 4.78 is 14.9. The summed E-state index contributed by atoms with van der Waals surface area (Å²) in [6, 6.07) is 5.07. The number of likely N-dealkylation sites (N-methyl/N-ethyl adjacent to an activating group) is 1. The lowest BCUT2D eigenvalue weighted by molar-refractivity contribution is -0.133. The Kier molecular flexibility index (Phi) is 6.12. The van der Waals surface area contributed by atoms with Crippen molar-refractivity contribution < 1.29 is 9.18 Å². The van der Waals surface area contributed by atoms with Crippen LogP contribution in [0, 0.1) is 17.7 Å². The molecule has 6 heteroatoms. The van der Waals surface area contributed by atoms with E-state index in [1.54, 1.807) is 6.07 Å². The molecule has 1 aromatic rings. The number of hydrogen-bond acceptors (Lipinski definition) is 3. The third-order valence-corrected chi connectivity index (χ3v) is 5.89. The molecule has 1 amide bonds. The molecule has 1 heterocycles. The van der Waals surface area contributed by atoms with Crippen LogP contribution >= 0.6 is 15.9 Å². The van der Waals surface area contributed by atoms with Crippen LogP contribution in [-0.2, 0) is 11.3 Å². The zero-order chi connectivity index (χ0) is 18.0. The van der Waals surface area contributed by atoms with Crippen molar-refractivity contribution in [1.82, 2.24) is 14.7 Å². The van der Waals surface area contributed by atoms with Crippen LogP contribution in [-0.4, -0.2) is 66.9 Å². The van der Waals surface area contributed by atoms with Crippen molar-refractivity contribution in [2.45, 2.75) is 19.9 Å². The molecule has 1 saturated heterocycles. The molecule has 0 N–H and O–H groups in total. The normalized spacial score (nSPS) is 24.3. The number of hydrogen-bond donors (Lipinski definition) is 0. The van der Waals surface area contributed by atoms with Crippen LogP contribution in [0.4, 0.5) is 4.39 Å². The molecule has 1 aliphatic heterocycles. The summed E-state index contributed by atoms with van der Waals surface area (Å²) in [4.78, 5) is 19.4. The van der Waals surface area contributed by atoms with Gasteiger partial charge in [0.05, 0.1) is 0 Å². The minimum absolute atomic E-state index is 0.131. The van der Waals surface area contributed by atoms with Crippen molar-refractivity contribution in [3.05, 3.63) is 34.1 Å². The van der Waals surface area contributed by atoms with Gasteiger partial charge in [-0.15, -0.1) is 0 Å². The van der Waals surface area contributed by atoms with E-state index in [2.05, 4.69) is 39.7 Å². The third-order valence-electron chi connectivity index (χ3n) is 5.40. The predicted molar refractivity (Wildman–Crippen MR) is 101 cm³/mol. The van der Waals surface area contributed by atoms with Gasteiger partial charge >= 0.3 is 0 Å². The van der Waals surface area contributed by atoms with Crippen LogP contribution < -0.4 is 0 Å². The summed E-state index contributed by atoms with van der Waals surface area (Å²) in [5, 5.41) is 0. The maximum Gasteiger partial charge on any atom is 0.226 e. The monoisotopic (exact) mass is 411 g/mol. The SMILES string of the molecule is C[C@@H]1C[C@H]1C(=O)N(CCN1CCN(C)CC1)Cc1ccc(Br)cc1F. The van der Waals surface area contributed by atoms with Crippen molar-refractivity contribution >= 4 is 21.8 Å². The first-order chi connectivity index (χ1) is 11.9. The van der Waals surface area contributed by atoms with Crippen LogP contribution in [0.15, 0.2) is 22.7 Å². The molecule has 2 fully saturated rings. The van der Waals surface area contributed by atoms with Gasteiger partial charge in [-0.3, -0.25) is 9.69 Å². The van der Waals surface area contributed by atoms with Crippen LogP contribution in [0.5, 0.6) is 0 Å². The Bertz CT molecular complexity index is 619. The number of piperazine rings is 1. The summed E-state index contributed by atoms with van der Waals surface area (Å²) in [5.74, 6) is 0.527. The highest BCUT2D eigenvalue weighted by atomic mass is 79.9. The molecule has 0 radical (unpaired) electrons. The number of carbonyl (C=O) groups excluding carboxylic acids is 1. The average Bonchev–Trinajstić information content (AvgIpc) is 3.31. The molecular weight excluding hydrogens is 385 g/mol. The van der Waals surface area contributed by atoms with Gasteiger partial charge in [0.1, 0.15) is 5.82 Å². The highest BCUT2D eigenvalue weighted by Gasteiger charge is 2.41. The number of amides is 1.